The summed E-state index contributed by atoms with van der Waals surface area (Å²) in [6, 6.07) is 2.07. The van der Waals surface area contributed by atoms with Gasteiger partial charge in [0.2, 0.25) is 0 Å². The number of aromatic nitrogens is 2. The molecule has 0 radical (unpaired) electrons. The molecule has 0 atom stereocenters. The molecule has 0 unspecified atom stereocenters. The quantitative estimate of drug-likeness (QED) is 0.777. The molecule has 0 bridgehead atoms. The summed E-state index contributed by atoms with van der Waals surface area (Å²) in [5.41, 5.74) is 6.37. The predicted molar refractivity (Wildman–Crippen MR) is 79.4 cm³/mol. The fourth-order valence-electron chi connectivity index (χ4n) is 3.10. The lowest BCUT2D eigenvalue weighted by Gasteiger charge is -2.46. The Morgan fingerprint density at radius 1 is 1.26 bits per heavy atom. The number of anilines is 2. The van der Waals surface area contributed by atoms with Crippen LogP contribution < -0.4 is 16.4 Å². The van der Waals surface area contributed by atoms with Crippen LogP contribution in [0.3, 0.4) is 0 Å². The van der Waals surface area contributed by atoms with Crippen molar-refractivity contribution in [2.75, 3.05) is 11.1 Å². The van der Waals surface area contributed by atoms with Gasteiger partial charge >= 0.3 is 0 Å². The second-order valence-electron chi connectivity index (χ2n) is 6.62. The van der Waals surface area contributed by atoms with Gasteiger partial charge in [0.25, 0.3) is 0 Å². The normalized spacial score (nSPS) is 22.2. The van der Waals surface area contributed by atoms with Gasteiger partial charge in [0, 0.05) is 23.2 Å². The lowest BCUT2D eigenvalue weighted by Crippen LogP contribution is -2.60. The number of rotatable bonds is 2. The Hall–Kier alpha value is -1.07. The first-order chi connectivity index (χ1) is 8.67. The monoisotopic (exact) mass is 283 g/mol. The fraction of sp³-hybridized carbons (Fsp3) is 0.692. The number of nitrogen functional groups attached to an aromatic ring is 1. The maximum absolute atomic E-state index is 5.78. The number of halogens is 1. The van der Waals surface area contributed by atoms with E-state index in [2.05, 4.69) is 48.5 Å². The van der Waals surface area contributed by atoms with Crippen LogP contribution >= 0.6 is 11.6 Å². The first-order valence-corrected chi connectivity index (χ1v) is 6.89. The molecule has 0 spiro atoms. The average Bonchev–Trinajstić information content (AvgIpc) is 2.18. The third-order valence-electron chi connectivity index (χ3n) is 3.32. The Morgan fingerprint density at radius 3 is 2.37 bits per heavy atom. The van der Waals surface area contributed by atoms with E-state index in [1.165, 1.54) is 0 Å². The Labute approximate surface area is 119 Å². The van der Waals surface area contributed by atoms with E-state index in [9.17, 15) is 0 Å². The van der Waals surface area contributed by atoms with E-state index in [1.54, 1.807) is 6.07 Å². The molecule has 1 aromatic heterocycles. The summed E-state index contributed by atoms with van der Waals surface area (Å²) in [6.07, 6.45) is 2.03. The van der Waals surface area contributed by atoms with Crippen LogP contribution in [0.4, 0.5) is 11.5 Å². The molecular formula is C13H22ClN5. The standard InChI is InChI=1S/C13H22ClN5/c1-12(2)6-8(7-13(3,4)19-12)16-10-5-9(15)11(14)18-17-10/h5,8,19H,6-7H2,1-4H3,(H3,15,16,17). The minimum absolute atomic E-state index is 0.0881. The number of nitrogens with one attached hydrogen (secondary N) is 2. The number of hydrogen-bond donors (Lipinski definition) is 3. The lowest BCUT2D eigenvalue weighted by molar-refractivity contribution is 0.170. The van der Waals surface area contributed by atoms with Gasteiger partial charge in [-0.3, -0.25) is 0 Å². The molecule has 1 aromatic rings. The molecule has 5 nitrogen and oxygen atoms in total. The molecule has 106 valence electrons. The van der Waals surface area contributed by atoms with Gasteiger partial charge in [-0.1, -0.05) is 11.6 Å². The summed E-state index contributed by atoms with van der Waals surface area (Å²) in [6.45, 7) is 8.85. The maximum atomic E-state index is 5.78. The minimum atomic E-state index is 0.0881. The molecule has 1 fully saturated rings. The van der Waals surface area contributed by atoms with Gasteiger partial charge in [-0.25, -0.2) is 0 Å². The van der Waals surface area contributed by atoms with Crippen LogP contribution in [0.5, 0.6) is 0 Å². The van der Waals surface area contributed by atoms with Gasteiger partial charge in [-0.2, -0.15) is 0 Å². The third-order valence-corrected chi connectivity index (χ3v) is 3.61. The van der Waals surface area contributed by atoms with Crippen LogP contribution in [-0.4, -0.2) is 27.3 Å². The SMILES string of the molecule is CC1(C)CC(Nc2cc(N)c(Cl)nn2)CC(C)(C)N1. The van der Waals surface area contributed by atoms with Crippen molar-refractivity contribution in [1.82, 2.24) is 15.5 Å². The van der Waals surface area contributed by atoms with E-state index in [0.29, 0.717) is 17.5 Å². The molecular weight excluding hydrogens is 262 g/mol. The lowest BCUT2D eigenvalue weighted by atomic mass is 9.79. The Bertz CT molecular complexity index is 456. The summed E-state index contributed by atoms with van der Waals surface area (Å²) in [5.74, 6) is 0.681. The fourth-order valence-corrected chi connectivity index (χ4v) is 3.19. The molecule has 4 N–H and O–H groups in total. The van der Waals surface area contributed by atoms with Crippen molar-refractivity contribution < 1.29 is 0 Å². The van der Waals surface area contributed by atoms with Gasteiger partial charge in [0.15, 0.2) is 11.0 Å². The van der Waals surface area contributed by atoms with Crippen molar-refractivity contribution >= 4 is 23.1 Å². The molecule has 0 amide bonds. The van der Waals surface area contributed by atoms with Gasteiger partial charge in [-0.15, -0.1) is 10.2 Å². The predicted octanol–water partition coefficient (Wildman–Crippen LogP) is 2.43. The van der Waals surface area contributed by atoms with Gasteiger partial charge in [0.1, 0.15) is 0 Å². The number of nitrogens with zero attached hydrogens (tertiary/aromatic N) is 2. The first-order valence-electron chi connectivity index (χ1n) is 6.51. The number of hydrogen-bond acceptors (Lipinski definition) is 5. The van der Waals surface area contributed by atoms with Gasteiger partial charge in [0.05, 0.1) is 5.69 Å². The van der Waals surface area contributed by atoms with Crippen LogP contribution in [-0.2, 0) is 0 Å². The molecule has 2 rings (SSSR count). The van der Waals surface area contributed by atoms with Crippen molar-refractivity contribution in [3.63, 3.8) is 0 Å². The summed E-state index contributed by atoms with van der Waals surface area (Å²) in [7, 11) is 0. The number of piperidine rings is 1. The molecule has 1 saturated heterocycles. The summed E-state index contributed by atoms with van der Waals surface area (Å²) < 4.78 is 0. The molecule has 19 heavy (non-hydrogen) atoms. The molecule has 1 aliphatic rings. The van der Waals surface area contributed by atoms with Gasteiger partial charge in [-0.05, 0) is 40.5 Å². The van der Waals surface area contributed by atoms with Gasteiger partial charge < -0.3 is 16.4 Å². The third kappa shape index (κ3) is 3.70. The van der Waals surface area contributed by atoms with E-state index in [4.69, 9.17) is 17.3 Å². The highest BCUT2D eigenvalue weighted by Crippen LogP contribution is 2.30. The minimum Gasteiger partial charge on any atom is -0.396 e. The van der Waals surface area contributed by atoms with Crippen molar-refractivity contribution in [3.8, 4) is 0 Å². The molecule has 1 aliphatic heterocycles. The van der Waals surface area contributed by atoms with E-state index in [0.717, 1.165) is 12.8 Å². The molecule has 0 aliphatic carbocycles. The van der Waals surface area contributed by atoms with Crippen molar-refractivity contribution in [2.24, 2.45) is 0 Å². The van der Waals surface area contributed by atoms with E-state index < -0.39 is 0 Å². The summed E-state index contributed by atoms with van der Waals surface area (Å²) >= 11 is 5.78. The summed E-state index contributed by atoms with van der Waals surface area (Å²) in [5, 5.41) is 15.2. The summed E-state index contributed by atoms with van der Waals surface area (Å²) in [4.78, 5) is 0. The topological polar surface area (TPSA) is 75.9 Å². The average molecular weight is 284 g/mol. The van der Waals surface area contributed by atoms with Crippen molar-refractivity contribution in [2.45, 2.75) is 57.7 Å². The molecule has 0 saturated carbocycles. The Kier molecular flexibility index (Phi) is 3.62. The molecule has 0 aromatic carbocycles. The smallest absolute Gasteiger partial charge is 0.174 e. The highest BCUT2D eigenvalue weighted by atomic mass is 35.5. The Morgan fingerprint density at radius 2 is 1.84 bits per heavy atom. The second kappa shape index (κ2) is 4.80. The van der Waals surface area contributed by atoms with E-state index in [1.807, 2.05) is 0 Å². The Balaban J connectivity index is 2.11. The van der Waals surface area contributed by atoms with Crippen molar-refractivity contribution in [1.29, 1.82) is 0 Å². The maximum Gasteiger partial charge on any atom is 0.174 e. The zero-order valence-corrected chi connectivity index (χ0v) is 12.7. The van der Waals surface area contributed by atoms with Crippen LogP contribution in [0.25, 0.3) is 0 Å². The van der Waals surface area contributed by atoms with Crippen LogP contribution in [0, 0.1) is 0 Å². The number of nitrogens with two attached hydrogens (primary N) is 1. The zero-order valence-electron chi connectivity index (χ0n) is 11.9. The van der Waals surface area contributed by atoms with Crippen LogP contribution in [0.1, 0.15) is 40.5 Å². The zero-order chi connectivity index (χ0) is 14.3. The van der Waals surface area contributed by atoms with Crippen molar-refractivity contribution in [3.05, 3.63) is 11.2 Å². The second-order valence-corrected chi connectivity index (χ2v) is 6.98. The van der Waals surface area contributed by atoms with Crippen LogP contribution in [0.15, 0.2) is 6.07 Å². The largest absolute Gasteiger partial charge is 0.396 e. The highest BCUT2D eigenvalue weighted by Gasteiger charge is 2.37. The first kappa shape index (κ1) is 14.3. The van der Waals surface area contributed by atoms with E-state index >= 15 is 0 Å². The highest BCUT2D eigenvalue weighted by molar-refractivity contribution is 6.31. The molecule has 6 heteroatoms. The van der Waals surface area contributed by atoms with Crippen LogP contribution in [0.2, 0.25) is 5.15 Å². The molecule has 2 heterocycles. The van der Waals surface area contributed by atoms with E-state index in [-0.39, 0.29) is 16.2 Å².